The van der Waals surface area contributed by atoms with Crippen LogP contribution in [-0.2, 0) is 4.79 Å². The van der Waals surface area contributed by atoms with Crippen LogP contribution in [0.4, 0.5) is 0 Å². The zero-order valence-electron chi connectivity index (χ0n) is 10.1. The zero-order valence-corrected chi connectivity index (χ0v) is 10.1. The van der Waals surface area contributed by atoms with Gasteiger partial charge in [0.15, 0.2) is 11.5 Å². The second-order valence-corrected chi connectivity index (χ2v) is 4.55. The molecule has 1 unspecified atom stereocenters. The molecule has 0 saturated heterocycles. The number of rotatable bonds is 1. The number of hydrogen-bond donors (Lipinski definition) is 2. The first-order valence-electron chi connectivity index (χ1n) is 5.99. The molecule has 3 heteroatoms. The molecule has 2 N–H and O–H groups in total. The lowest BCUT2D eigenvalue weighted by Gasteiger charge is -2.18. The quantitative estimate of drug-likeness (QED) is 0.817. The second-order valence-electron chi connectivity index (χ2n) is 4.55. The van der Waals surface area contributed by atoms with Gasteiger partial charge in [-0.25, -0.2) is 0 Å². The van der Waals surface area contributed by atoms with Crippen LogP contribution in [0.25, 0.3) is 10.8 Å². The van der Waals surface area contributed by atoms with Crippen LogP contribution < -0.4 is 0 Å². The van der Waals surface area contributed by atoms with Gasteiger partial charge in [0.25, 0.3) is 0 Å². The predicted molar refractivity (Wildman–Crippen MR) is 73.1 cm³/mol. The minimum atomic E-state index is -0.811. The van der Waals surface area contributed by atoms with Crippen molar-refractivity contribution in [3.05, 3.63) is 71.7 Å². The van der Waals surface area contributed by atoms with Gasteiger partial charge in [0.1, 0.15) is 11.7 Å². The standard InChI is InChI=1S/C16H12O3/c17-13-7-8-14(18)16(19)15(13)12-6-5-10-3-1-2-4-11(10)9-12/h1-9,15,18-19H. The topological polar surface area (TPSA) is 57.5 Å². The minimum absolute atomic E-state index is 0.231. The summed E-state index contributed by atoms with van der Waals surface area (Å²) < 4.78 is 0. The number of hydrogen-bond acceptors (Lipinski definition) is 3. The number of aliphatic hydroxyl groups excluding tert-OH is 2. The molecule has 0 amide bonds. The van der Waals surface area contributed by atoms with Gasteiger partial charge in [-0.2, -0.15) is 0 Å². The molecule has 0 heterocycles. The van der Waals surface area contributed by atoms with E-state index in [9.17, 15) is 15.0 Å². The maximum atomic E-state index is 11.9. The molecule has 0 aromatic heterocycles. The molecule has 94 valence electrons. The molecule has 0 saturated carbocycles. The van der Waals surface area contributed by atoms with Crippen molar-refractivity contribution in [1.82, 2.24) is 0 Å². The summed E-state index contributed by atoms with van der Waals surface area (Å²) in [5.74, 6) is -1.58. The summed E-state index contributed by atoms with van der Waals surface area (Å²) in [5, 5.41) is 21.5. The van der Waals surface area contributed by atoms with Crippen LogP contribution in [0.15, 0.2) is 66.1 Å². The normalized spacial score (nSPS) is 19.2. The van der Waals surface area contributed by atoms with Crippen molar-refractivity contribution in [2.45, 2.75) is 5.92 Å². The van der Waals surface area contributed by atoms with E-state index in [0.717, 1.165) is 10.8 Å². The molecule has 2 aromatic rings. The van der Waals surface area contributed by atoms with Crippen molar-refractivity contribution in [2.24, 2.45) is 0 Å². The molecular weight excluding hydrogens is 240 g/mol. The lowest BCUT2D eigenvalue weighted by Crippen LogP contribution is -2.17. The van der Waals surface area contributed by atoms with E-state index in [1.165, 1.54) is 12.2 Å². The first-order chi connectivity index (χ1) is 9.16. The van der Waals surface area contributed by atoms with E-state index in [1.54, 1.807) is 6.07 Å². The fraction of sp³-hybridized carbons (Fsp3) is 0.0625. The van der Waals surface area contributed by atoms with E-state index in [1.807, 2.05) is 36.4 Å². The van der Waals surface area contributed by atoms with Gasteiger partial charge in [-0.15, -0.1) is 0 Å². The van der Waals surface area contributed by atoms with Crippen molar-refractivity contribution in [3.8, 4) is 0 Å². The van der Waals surface area contributed by atoms with Crippen LogP contribution in [0, 0.1) is 0 Å². The van der Waals surface area contributed by atoms with Crippen LogP contribution in [0.5, 0.6) is 0 Å². The van der Waals surface area contributed by atoms with Gasteiger partial charge >= 0.3 is 0 Å². The average molecular weight is 252 g/mol. The highest BCUT2D eigenvalue weighted by Crippen LogP contribution is 2.31. The van der Waals surface area contributed by atoms with E-state index in [0.29, 0.717) is 5.56 Å². The van der Waals surface area contributed by atoms with E-state index in [2.05, 4.69) is 0 Å². The Kier molecular flexibility index (Phi) is 2.60. The average Bonchev–Trinajstić information content (AvgIpc) is 2.43. The Balaban J connectivity index is 2.14. The van der Waals surface area contributed by atoms with Crippen LogP contribution in [-0.4, -0.2) is 16.0 Å². The molecule has 3 nitrogen and oxygen atoms in total. The summed E-state index contributed by atoms with van der Waals surface area (Å²) in [5.41, 5.74) is 0.678. The van der Waals surface area contributed by atoms with E-state index < -0.39 is 5.92 Å². The minimum Gasteiger partial charge on any atom is -0.507 e. The van der Waals surface area contributed by atoms with Crippen LogP contribution in [0.2, 0.25) is 0 Å². The van der Waals surface area contributed by atoms with E-state index in [-0.39, 0.29) is 17.3 Å². The molecule has 0 spiro atoms. The van der Waals surface area contributed by atoms with Gasteiger partial charge in [0.2, 0.25) is 0 Å². The summed E-state index contributed by atoms with van der Waals surface area (Å²) in [7, 11) is 0. The Labute approximate surface area is 110 Å². The lowest BCUT2D eigenvalue weighted by atomic mass is 9.88. The highest BCUT2D eigenvalue weighted by Gasteiger charge is 2.28. The first-order valence-corrected chi connectivity index (χ1v) is 5.99. The predicted octanol–water partition coefficient (Wildman–Crippen LogP) is 3.39. The number of ketones is 1. The summed E-state index contributed by atoms with van der Waals surface area (Å²) in [6.45, 7) is 0. The zero-order chi connectivity index (χ0) is 13.4. The Hall–Kier alpha value is -2.55. The smallest absolute Gasteiger partial charge is 0.170 e. The monoisotopic (exact) mass is 252 g/mol. The summed E-state index contributed by atoms with van der Waals surface area (Å²) >= 11 is 0. The molecule has 0 fully saturated rings. The van der Waals surface area contributed by atoms with Crippen molar-refractivity contribution in [2.75, 3.05) is 0 Å². The van der Waals surface area contributed by atoms with Crippen LogP contribution in [0.1, 0.15) is 11.5 Å². The van der Waals surface area contributed by atoms with E-state index in [4.69, 9.17) is 0 Å². The first kappa shape index (κ1) is 11.5. The van der Waals surface area contributed by atoms with E-state index >= 15 is 0 Å². The van der Waals surface area contributed by atoms with Gasteiger partial charge in [-0.3, -0.25) is 4.79 Å². The molecule has 0 radical (unpaired) electrons. The molecule has 1 aliphatic carbocycles. The third-order valence-electron chi connectivity index (χ3n) is 3.33. The largest absolute Gasteiger partial charge is 0.507 e. The molecule has 2 aromatic carbocycles. The van der Waals surface area contributed by atoms with Crippen LogP contribution >= 0.6 is 0 Å². The molecule has 1 aliphatic rings. The maximum absolute atomic E-state index is 11.9. The molecule has 0 aliphatic heterocycles. The summed E-state index contributed by atoms with van der Waals surface area (Å²) in [4.78, 5) is 11.9. The number of benzene rings is 2. The van der Waals surface area contributed by atoms with Crippen molar-refractivity contribution in [1.29, 1.82) is 0 Å². The van der Waals surface area contributed by atoms with Gasteiger partial charge < -0.3 is 10.2 Å². The molecule has 3 rings (SSSR count). The Morgan fingerprint density at radius 3 is 2.42 bits per heavy atom. The summed E-state index contributed by atoms with van der Waals surface area (Å²) in [6.07, 6.45) is 2.50. The van der Waals surface area contributed by atoms with Gasteiger partial charge in [0.05, 0.1) is 0 Å². The third kappa shape index (κ3) is 1.89. The molecular formula is C16H12O3. The third-order valence-corrected chi connectivity index (χ3v) is 3.33. The fourth-order valence-electron chi connectivity index (χ4n) is 2.33. The van der Waals surface area contributed by atoms with Crippen molar-refractivity contribution in [3.63, 3.8) is 0 Å². The van der Waals surface area contributed by atoms with Crippen molar-refractivity contribution >= 4 is 16.6 Å². The van der Waals surface area contributed by atoms with Gasteiger partial charge in [-0.05, 0) is 34.6 Å². The molecule has 0 bridgehead atoms. The Morgan fingerprint density at radius 1 is 0.895 bits per heavy atom. The number of fused-ring (bicyclic) bond motifs is 1. The van der Waals surface area contributed by atoms with Crippen LogP contribution in [0.3, 0.4) is 0 Å². The molecule has 1 atom stereocenters. The fourth-order valence-corrected chi connectivity index (χ4v) is 2.33. The van der Waals surface area contributed by atoms with Gasteiger partial charge in [-0.1, -0.05) is 36.4 Å². The number of carbonyl (C=O) groups is 1. The Morgan fingerprint density at radius 2 is 1.63 bits per heavy atom. The lowest BCUT2D eigenvalue weighted by molar-refractivity contribution is -0.116. The maximum Gasteiger partial charge on any atom is 0.170 e. The SMILES string of the molecule is O=C1C=CC(O)=C(O)C1c1ccc2ccccc2c1. The molecule has 19 heavy (non-hydrogen) atoms. The number of carbonyl (C=O) groups excluding carboxylic acids is 1. The van der Waals surface area contributed by atoms with Gasteiger partial charge in [0, 0.05) is 0 Å². The second kappa shape index (κ2) is 4.28. The number of aliphatic hydroxyl groups is 2. The highest BCUT2D eigenvalue weighted by atomic mass is 16.3. The highest BCUT2D eigenvalue weighted by molar-refractivity contribution is 6.00. The van der Waals surface area contributed by atoms with Crippen molar-refractivity contribution < 1.29 is 15.0 Å². The number of allylic oxidation sites excluding steroid dienone is 3. The summed E-state index contributed by atoms with van der Waals surface area (Å²) in [6, 6.07) is 13.4. The Bertz CT molecular complexity index is 726.